The summed E-state index contributed by atoms with van der Waals surface area (Å²) in [5.41, 5.74) is 0. The van der Waals surface area contributed by atoms with Gasteiger partial charge in [0.05, 0.1) is 0 Å². The molecule has 6 heavy (non-hydrogen) atoms. The van der Waals surface area contributed by atoms with Gasteiger partial charge in [0.2, 0.25) is 0 Å². The Kier molecular flexibility index (Phi) is 1.97. The van der Waals surface area contributed by atoms with E-state index in [-0.39, 0.29) is 0 Å². The normalized spacial score (nSPS) is 13.7. The summed E-state index contributed by atoms with van der Waals surface area (Å²) in [4.78, 5) is 0. The molecule has 0 aliphatic rings. The summed E-state index contributed by atoms with van der Waals surface area (Å²) in [6, 6.07) is 0. The third kappa shape index (κ3) is 4.34. The second-order valence-corrected chi connectivity index (χ2v) is 4.81. The highest BCUT2D eigenvalue weighted by atomic mass is 32.8. The molecule has 3 nitrogen and oxygen atoms in total. The minimum Gasteiger partial charge on any atom is -0.283 e. The molecule has 0 heterocycles. The van der Waals surface area contributed by atoms with Crippen LogP contribution in [-0.2, 0) is 9.74 Å². The van der Waals surface area contributed by atoms with E-state index in [4.69, 9.17) is 4.55 Å². The lowest BCUT2D eigenvalue weighted by Gasteiger charge is -1.80. The molecule has 0 aromatic carbocycles. The molecule has 0 bridgehead atoms. The smallest absolute Gasteiger partial charge is 0.277 e. The zero-order valence-electron chi connectivity index (χ0n) is 3.17. The van der Waals surface area contributed by atoms with Crippen LogP contribution in [0.3, 0.4) is 0 Å². The Morgan fingerprint density at radius 1 is 1.67 bits per heavy atom. The first-order chi connectivity index (χ1) is 2.56. The van der Waals surface area contributed by atoms with Gasteiger partial charge in [0.1, 0.15) is 0 Å². The van der Waals surface area contributed by atoms with E-state index in [1.165, 1.54) is 6.66 Å². The summed E-state index contributed by atoms with van der Waals surface area (Å²) in [6.07, 6.45) is 0. The molecule has 0 aliphatic carbocycles. The number of hydrogen-bond donors (Lipinski definition) is 1. The average molecular weight is 128 g/mol. The molecule has 0 radical (unpaired) electrons. The van der Waals surface area contributed by atoms with Gasteiger partial charge in [-0.2, -0.15) is 8.42 Å². The third-order valence-electron chi connectivity index (χ3n) is 0.258. The maximum absolute atomic E-state index is 9.57. The van der Waals surface area contributed by atoms with Crippen LogP contribution in [0.15, 0.2) is 0 Å². The van der Waals surface area contributed by atoms with Gasteiger partial charge in [-0.05, 0) is 6.66 Å². The van der Waals surface area contributed by atoms with Crippen molar-refractivity contribution in [3.8, 4) is 0 Å². The zero-order valence-corrected chi connectivity index (χ0v) is 4.99. The van der Waals surface area contributed by atoms with Crippen molar-refractivity contribution in [1.29, 1.82) is 0 Å². The SMILES string of the molecule is CPS(=O)(=O)O. The monoisotopic (exact) mass is 128 g/mol. The van der Waals surface area contributed by atoms with Crippen LogP contribution in [0.2, 0.25) is 0 Å². The van der Waals surface area contributed by atoms with Gasteiger partial charge in [-0.15, -0.1) is 0 Å². The van der Waals surface area contributed by atoms with E-state index >= 15 is 0 Å². The molecule has 0 rings (SSSR count). The maximum atomic E-state index is 9.57. The van der Waals surface area contributed by atoms with Crippen LogP contribution >= 0.6 is 7.78 Å². The van der Waals surface area contributed by atoms with Gasteiger partial charge >= 0.3 is 0 Å². The third-order valence-corrected chi connectivity index (χ3v) is 2.32. The van der Waals surface area contributed by atoms with Crippen molar-refractivity contribution in [3.63, 3.8) is 0 Å². The van der Waals surface area contributed by atoms with Crippen LogP contribution in [0.4, 0.5) is 0 Å². The summed E-state index contributed by atoms with van der Waals surface area (Å²) in [5, 5.41) is 0. The highest BCUT2D eigenvalue weighted by Crippen LogP contribution is 2.09. The predicted octanol–water partition coefficient (Wildman–Crippen LogP) is 0.0975. The van der Waals surface area contributed by atoms with Gasteiger partial charge in [-0.3, -0.25) is 4.55 Å². The van der Waals surface area contributed by atoms with Crippen molar-refractivity contribution in [2.45, 2.75) is 0 Å². The molecular weight excluding hydrogens is 123 g/mol. The van der Waals surface area contributed by atoms with Crippen molar-refractivity contribution < 1.29 is 13.0 Å². The molecule has 0 spiro atoms. The fourth-order valence-corrected chi connectivity index (χ4v) is 0. The fraction of sp³-hybridized carbons (Fsp3) is 1.00. The van der Waals surface area contributed by atoms with Crippen molar-refractivity contribution >= 4 is 17.5 Å². The molecule has 0 saturated carbocycles. The topological polar surface area (TPSA) is 54.4 Å². The summed E-state index contributed by atoms with van der Waals surface area (Å²) < 4.78 is 26.9. The lowest BCUT2D eigenvalue weighted by molar-refractivity contribution is 0.502. The van der Waals surface area contributed by atoms with E-state index in [0.717, 1.165) is 0 Å². The summed E-state index contributed by atoms with van der Waals surface area (Å²) in [7, 11) is -4.04. The molecule has 1 N–H and O–H groups in total. The first-order valence-electron chi connectivity index (χ1n) is 1.22. The van der Waals surface area contributed by atoms with E-state index in [1.807, 2.05) is 0 Å². The van der Waals surface area contributed by atoms with Crippen LogP contribution in [-0.4, -0.2) is 19.6 Å². The van der Waals surface area contributed by atoms with E-state index in [1.54, 1.807) is 0 Å². The van der Waals surface area contributed by atoms with Crippen LogP contribution in [0.25, 0.3) is 0 Å². The summed E-state index contributed by atoms with van der Waals surface area (Å²) in [6.45, 7) is 1.40. The van der Waals surface area contributed by atoms with E-state index < -0.39 is 17.5 Å². The minimum absolute atomic E-state index is 0.405. The number of hydrogen-bond acceptors (Lipinski definition) is 2. The molecule has 0 fully saturated rings. The van der Waals surface area contributed by atoms with Crippen LogP contribution in [0.5, 0.6) is 0 Å². The average Bonchev–Trinajstić information content (AvgIpc) is 1.35. The first-order valence-corrected chi connectivity index (χ1v) is 4.88. The Labute approximate surface area is 38.0 Å². The van der Waals surface area contributed by atoms with E-state index in [2.05, 4.69) is 0 Å². The molecule has 0 amide bonds. The lowest BCUT2D eigenvalue weighted by Crippen LogP contribution is -1.82. The van der Waals surface area contributed by atoms with Crippen molar-refractivity contribution in [3.05, 3.63) is 0 Å². The molecule has 1 unspecified atom stereocenters. The van der Waals surface area contributed by atoms with Gasteiger partial charge in [0.15, 0.2) is 0 Å². The molecule has 0 saturated heterocycles. The van der Waals surface area contributed by atoms with Gasteiger partial charge in [-0.1, -0.05) is 0 Å². The Hall–Kier alpha value is 0.340. The maximum Gasteiger partial charge on any atom is 0.277 e. The molecule has 0 aliphatic heterocycles. The van der Waals surface area contributed by atoms with Gasteiger partial charge in [0.25, 0.3) is 9.74 Å². The van der Waals surface area contributed by atoms with Crippen LogP contribution in [0.1, 0.15) is 0 Å². The quantitative estimate of drug-likeness (QED) is 0.402. The van der Waals surface area contributed by atoms with E-state index in [9.17, 15) is 8.42 Å². The zero-order chi connectivity index (χ0) is 5.21. The molecule has 0 aromatic rings. The summed E-state index contributed by atoms with van der Waals surface area (Å²) >= 11 is 0. The van der Waals surface area contributed by atoms with Gasteiger partial charge < -0.3 is 0 Å². The Balaban J connectivity index is 3.85. The molecule has 1 atom stereocenters. The molecule has 5 heteroatoms. The highest BCUT2D eigenvalue weighted by Gasteiger charge is 1.93. The Bertz CT molecular complexity index is 113. The van der Waals surface area contributed by atoms with E-state index in [0.29, 0.717) is 0 Å². The minimum atomic E-state index is -3.63. The fourth-order valence-electron chi connectivity index (χ4n) is 0. The highest BCUT2D eigenvalue weighted by molar-refractivity contribution is 8.40. The number of rotatable bonds is 1. The Morgan fingerprint density at radius 2 is 1.83 bits per heavy atom. The standard InChI is InChI=1S/CH5O3PS/c1-5-6(2,3)4/h5H,1H3,(H,2,3,4). The summed E-state index contributed by atoms with van der Waals surface area (Å²) in [5.74, 6) is 0. The molecular formula is CH5O3PS. The van der Waals surface area contributed by atoms with Crippen molar-refractivity contribution in [2.24, 2.45) is 0 Å². The van der Waals surface area contributed by atoms with Crippen molar-refractivity contribution in [2.75, 3.05) is 6.66 Å². The Morgan fingerprint density at radius 3 is 1.83 bits per heavy atom. The predicted molar refractivity (Wildman–Crippen MR) is 25.8 cm³/mol. The molecule has 38 valence electrons. The second kappa shape index (κ2) is 1.87. The van der Waals surface area contributed by atoms with Crippen LogP contribution < -0.4 is 0 Å². The first kappa shape index (κ1) is 6.34. The van der Waals surface area contributed by atoms with Crippen LogP contribution in [0, 0.1) is 0 Å². The molecule has 0 aromatic heterocycles. The van der Waals surface area contributed by atoms with Gasteiger partial charge in [-0.25, -0.2) is 0 Å². The second-order valence-electron chi connectivity index (χ2n) is 0.679. The largest absolute Gasteiger partial charge is 0.283 e. The van der Waals surface area contributed by atoms with Crippen molar-refractivity contribution in [1.82, 2.24) is 0 Å². The van der Waals surface area contributed by atoms with Gasteiger partial charge in [0, 0.05) is 7.78 Å². The lowest BCUT2D eigenvalue weighted by atomic mass is 12.0.